The Morgan fingerprint density at radius 2 is 1.69 bits per heavy atom. The van der Waals surface area contributed by atoms with Gasteiger partial charge in [0.25, 0.3) is 0 Å². The van der Waals surface area contributed by atoms with Gasteiger partial charge in [-0.3, -0.25) is 0 Å². The lowest BCUT2D eigenvalue weighted by Gasteiger charge is -2.19. The summed E-state index contributed by atoms with van der Waals surface area (Å²) < 4.78 is 36.3. The van der Waals surface area contributed by atoms with Crippen molar-refractivity contribution in [3.63, 3.8) is 0 Å². The van der Waals surface area contributed by atoms with Gasteiger partial charge in [-0.25, -0.2) is 0 Å². The molecule has 0 aliphatic carbocycles. The molecule has 0 aliphatic rings. The summed E-state index contributed by atoms with van der Waals surface area (Å²) in [4.78, 5) is 0. The number of rotatable bonds is 3. The molecule has 0 heterocycles. The molecule has 0 saturated heterocycles. The third-order valence-corrected chi connectivity index (χ3v) is 2.18. The molecular weight excluding hydrogens is 223 g/mol. The second kappa shape index (κ2) is 4.71. The van der Waals surface area contributed by atoms with Crippen molar-refractivity contribution in [1.29, 1.82) is 0 Å². The summed E-state index contributed by atoms with van der Waals surface area (Å²) in [7, 11) is 0. The van der Waals surface area contributed by atoms with Gasteiger partial charge >= 0.3 is 6.18 Å². The number of aliphatic hydroxyl groups excluding tert-OH is 1. The third-order valence-electron chi connectivity index (χ3n) is 2.18. The molecule has 0 spiro atoms. The topological polar surface area (TPSA) is 66.5 Å². The largest absolute Gasteiger partial charge is 0.508 e. The Morgan fingerprint density at radius 3 is 2.12 bits per heavy atom. The van der Waals surface area contributed by atoms with Crippen molar-refractivity contribution in [3.05, 3.63) is 29.8 Å². The van der Waals surface area contributed by atoms with Gasteiger partial charge in [0.05, 0.1) is 6.10 Å². The van der Waals surface area contributed by atoms with Crippen LogP contribution in [0.2, 0.25) is 0 Å². The maximum absolute atomic E-state index is 12.1. The molecule has 0 radical (unpaired) electrons. The molecule has 6 heteroatoms. The summed E-state index contributed by atoms with van der Waals surface area (Å²) in [5.74, 6) is -0.0175. The van der Waals surface area contributed by atoms with Crippen LogP contribution in [0.5, 0.6) is 5.75 Å². The lowest BCUT2D eigenvalue weighted by atomic mass is 10.0. The number of alkyl halides is 3. The van der Waals surface area contributed by atoms with E-state index in [0.29, 0.717) is 0 Å². The maximum Gasteiger partial charge on any atom is 0.403 e. The number of phenolic OH excluding ortho intramolecular Hbond substituents is 1. The van der Waals surface area contributed by atoms with Gasteiger partial charge < -0.3 is 15.9 Å². The molecule has 2 atom stereocenters. The van der Waals surface area contributed by atoms with E-state index in [2.05, 4.69) is 0 Å². The third kappa shape index (κ3) is 3.39. The summed E-state index contributed by atoms with van der Waals surface area (Å²) in [6, 6.07) is 3.22. The molecule has 0 saturated carbocycles. The first-order valence-corrected chi connectivity index (χ1v) is 4.60. The van der Waals surface area contributed by atoms with Crippen LogP contribution in [0.1, 0.15) is 18.1 Å². The molecule has 1 rings (SSSR count). The molecule has 0 amide bonds. The molecule has 90 valence electrons. The number of aromatic hydroxyl groups is 1. The fourth-order valence-corrected chi connectivity index (χ4v) is 1.21. The average molecular weight is 235 g/mol. The predicted octanol–water partition coefficient (Wildman–Crippen LogP) is 1.71. The molecule has 1 aromatic rings. The highest BCUT2D eigenvalue weighted by atomic mass is 19.4. The summed E-state index contributed by atoms with van der Waals surface area (Å²) >= 11 is 0. The van der Waals surface area contributed by atoms with Crippen LogP contribution in [0.15, 0.2) is 24.3 Å². The predicted molar refractivity (Wildman–Crippen MR) is 51.7 cm³/mol. The normalized spacial score (nSPS) is 15.8. The standard InChI is InChI=1S/C10H12F3NO2/c11-10(12,13)9(14)5-8(16)6-1-3-7(15)4-2-6/h1-4,8-9,15-16H,5,14H2/t8-,9+/m0/s1. The first-order valence-electron chi connectivity index (χ1n) is 4.60. The minimum absolute atomic E-state index is 0.0175. The van der Waals surface area contributed by atoms with E-state index in [1.807, 2.05) is 0 Å². The number of aliphatic hydroxyl groups is 1. The summed E-state index contributed by atoms with van der Waals surface area (Å²) in [5, 5.41) is 18.4. The zero-order valence-electron chi connectivity index (χ0n) is 8.28. The Hall–Kier alpha value is -1.27. The number of hydrogen-bond donors (Lipinski definition) is 3. The van der Waals surface area contributed by atoms with Gasteiger partial charge in [0.1, 0.15) is 11.8 Å². The SMILES string of the molecule is N[C@H](C[C@H](O)c1ccc(O)cc1)C(F)(F)F. The highest BCUT2D eigenvalue weighted by Gasteiger charge is 2.37. The smallest absolute Gasteiger partial charge is 0.403 e. The van der Waals surface area contributed by atoms with Crippen molar-refractivity contribution in [2.75, 3.05) is 0 Å². The molecule has 1 aromatic carbocycles. The van der Waals surface area contributed by atoms with E-state index < -0.39 is 24.7 Å². The van der Waals surface area contributed by atoms with Gasteiger partial charge in [0, 0.05) is 6.42 Å². The van der Waals surface area contributed by atoms with E-state index in [1.54, 1.807) is 0 Å². The highest BCUT2D eigenvalue weighted by Crippen LogP contribution is 2.27. The van der Waals surface area contributed by atoms with Crippen LogP contribution >= 0.6 is 0 Å². The zero-order valence-corrected chi connectivity index (χ0v) is 8.28. The van der Waals surface area contributed by atoms with Crippen molar-refractivity contribution < 1.29 is 23.4 Å². The Kier molecular flexibility index (Phi) is 3.77. The summed E-state index contributed by atoms with van der Waals surface area (Å²) in [6.07, 6.45) is -6.41. The highest BCUT2D eigenvalue weighted by molar-refractivity contribution is 5.27. The summed E-state index contributed by atoms with van der Waals surface area (Å²) in [5.41, 5.74) is 5.17. The first kappa shape index (κ1) is 12.8. The Balaban J connectivity index is 2.65. The van der Waals surface area contributed by atoms with Crippen LogP contribution in [-0.2, 0) is 0 Å². The van der Waals surface area contributed by atoms with E-state index in [1.165, 1.54) is 24.3 Å². The van der Waals surface area contributed by atoms with Crippen LogP contribution in [0.4, 0.5) is 13.2 Å². The van der Waals surface area contributed by atoms with Crippen molar-refractivity contribution in [3.8, 4) is 5.75 Å². The van der Waals surface area contributed by atoms with Gasteiger partial charge in [-0.15, -0.1) is 0 Å². The van der Waals surface area contributed by atoms with Crippen molar-refractivity contribution >= 4 is 0 Å². The van der Waals surface area contributed by atoms with Gasteiger partial charge in [-0.2, -0.15) is 13.2 Å². The molecule has 0 unspecified atom stereocenters. The van der Waals surface area contributed by atoms with Gasteiger partial charge in [0.15, 0.2) is 0 Å². The Labute approximate surface area is 90.3 Å². The molecule has 3 nitrogen and oxygen atoms in total. The second-order valence-corrected chi connectivity index (χ2v) is 3.49. The summed E-state index contributed by atoms with van der Waals surface area (Å²) in [6.45, 7) is 0. The number of benzene rings is 1. The lowest BCUT2D eigenvalue weighted by molar-refractivity contribution is -0.153. The van der Waals surface area contributed by atoms with Crippen molar-refractivity contribution in [1.82, 2.24) is 0 Å². The average Bonchev–Trinajstić information content (AvgIpc) is 2.17. The quantitative estimate of drug-likeness (QED) is 0.747. The number of phenols is 1. The monoisotopic (exact) mass is 235 g/mol. The zero-order chi connectivity index (χ0) is 12.3. The fourth-order valence-electron chi connectivity index (χ4n) is 1.21. The molecule has 16 heavy (non-hydrogen) atoms. The van der Waals surface area contributed by atoms with Crippen LogP contribution in [-0.4, -0.2) is 22.4 Å². The van der Waals surface area contributed by atoms with E-state index in [0.717, 1.165) is 0 Å². The Morgan fingerprint density at radius 1 is 1.19 bits per heavy atom. The number of halogens is 3. The van der Waals surface area contributed by atoms with Crippen molar-refractivity contribution in [2.24, 2.45) is 5.73 Å². The van der Waals surface area contributed by atoms with E-state index in [4.69, 9.17) is 10.8 Å². The molecule has 4 N–H and O–H groups in total. The molecule has 0 bridgehead atoms. The molecular formula is C10H12F3NO2. The first-order chi connectivity index (χ1) is 7.30. The van der Waals surface area contributed by atoms with Gasteiger partial charge in [0.2, 0.25) is 0 Å². The molecule has 0 aromatic heterocycles. The van der Waals surface area contributed by atoms with Gasteiger partial charge in [-0.05, 0) is 17.7 Å². The lowest BCUT2D eigenvalue weighted by Crippen LogP contribution is -2.38. The van der Waals surface area contributed by atoms with Crippen LogP contribution in [0.3, 0.4) is 0 Å². The Bertz CT molecular complexity index is 337. The number of nitrogens with two attached hydrogens (primary N) is 1. The van der Waals surface area contributed by atoms with Crippen LogP contribution < -0.4 is 5.73 Å². The fraction of sp³-hybridized carbons (Fsp3) is 0.400. The maximum atomic E-state index is 12.1. The molecule has 0 fully saturated rings. The van der Waals surface area contributed by atoms with Crippen LogP contribution in [0, 0.1) is 0 Å². The van der Waals surface area contributed by atoms with E-state index >= 15 is 0 Å². The van der Waals surface area contributed by atoms with Crippen LogP contribution in [0.25, 0.3) is 0 Å². The number of hydrogen-bond acceptors (Lipinski definition) is 3. The van der Waals surface area contributed by atoms with E-state index in [9.17, 15) is 18.3 Å². The van der Waals surface area contributed by atoms with Gasteiger partial charge in [-0.1, -0.05) is 12.1 Å². The van der Waals surface area contributed by atoms with Crippen molar-refractivity contribution in [2.45, 2.75) is 24.7 Å². The minimum atomic E-state index is -4.52. The second-order valence-electron chi connectivity index (χ2n) is 3.49. The molecule has 0 aliphatic heterocycles. The minimum Gasteiger partial charge on any atom is -0.508 e. The van der Waals surface area contributed by atoms with E-state index in [-0.39, 0.29) is 11.3 Å².